The summed E-state index contributed by atoms with van der Waals surface area (Å²) in [5, 5.41) is 3.55. The summed E-state index contributed by atoms with van der Waals surface area (Å²) in [7, 11) is -3.01. The molecule has 19 heavy (non-hydrogen) atoms. The summed E-state index contributed by atoms with van der Waals surface area (Å²) < 4.78 is 26.1. The van der Waals surface area contributed by atoms with Gasteiger partial charge in [0.1, 0.15) is 0 Å². The number of hydrogen-bond donors (Lipinski definition) is 1. The van der Waals surface area contributed by atoms with E-state index in [1.807, 2.05) is 0 Å². The van der Waals surface area contributed by atoms with Gasteiger partial charge in [0.05, 0.1) is 5.75 Å². The summed E-state index contributed by atoms with van der Waals surface area (Å²) in [6.45, 7) is 6.66. The largest absolute Gasteiger partial charge is 0.314 e. The first-order chi connectivity index (χ1) is 8.97. The van der Waals surface area contributed by atoms with Crippen LogP contribution in [-0.2, 0) is 10.0 Å². The van der Waals surface area contributed by atoms with Crippen molar-refractivity contribution in [2.45, 2.75) is 52.0 Å². The van der Waals surface area contributed by atoms with Crippen LogP contribution in [0.3, 0.4) is 0 Å². The summed E-state index contributed by atoms with van der Waals surface area (Å²) in [4.78, 5) is 0. The highest BCUT2D eigenvalue weighted by Crippen LogP contribution is 2.23. The lowest BCUT2D eigenvalue weighted by Crippen LogP contribution is -2.42. The first-order valence-electron chi connectivity index (χ1n) is 7.68. The molecule has 1 heterocycles. The Hall–Kier alpha value is -0.130. The minimum atomic E-state index is -3.01. The predicted octanol–water partition coefficient (Wildman–Crippen LogP) is 1.83. The van der Waals surface area contributed by atoms with Crippen molar-refractivity contribution in [2.24, 2.45) is 11.8 Å². The molecule has 0 aromatic carbocycles. The maximum atomic E-state index is 12.2. The van der Waals surface area contributed by atoms with Crippen molar-refractivity contribution in [3.05, 3.63) is 0 Å². The molecule has 0 atom stereocenters. The second-order valence-corrected chi connectivity index (χ2v) is 8.61. The van der Waals surface area contributed by atoms with Crippen molar-refractivity contribution < 1.29 is 8.42 Å². The molecule has 2 fully saturated rings. The van der Waals surface area contributed by atoms with E-state index in [0.29, 0.717) is 17.6 Å². The monoisotopic (exact) mass is 288 g/mol. The number of sulfonamides is 1. The lowest BCUT2D eigenvalue weighted by molar-refractivity contribution is 0.266. The maximum absolute atomic E-state index is 12.2. The molecule has 1 aliphatic heterocycles. The third kappa shape index (κ3) is 5.04. The number of rotatable bonds is 7. The zero-order valence-electron chi connectivity index (χ0n) is 12.3. The Kier molecular flexibility index (Phi) is 5.26. The molecule has 0 spiro atoms. The second-order valence-electron chi connectivity index (χ2n) is 6.52. The number of nitrogens with one attached hydrogen (secondary N) is 1. The van der Waals surface area contributed by atoms with Gasteiger partial charge in [0.15, 0.2) is 0 Å². The van der Waals surface area contributed by atoms with Gasteiger partial charge in [0.2, 0.25) is 10.0 Å². The molecule has 2 rings (SSSR count). The van der Waals surface area contributed by atoms with E-state index in [9.17, 15) is 8.42 Å². The van der Waals surface area contributed by atoms with Gasteiger partial charge in [-0.25, -0.2) is 12.7 Å². The molecule has 1 aliphatic carbocycles. The third-order valence-electron chi connectivity index (χ3n) is 4.19. The zero-order valence-corrected chi connectivity index (χ0v) is 13.1. The molecule has 2 aliphatic rings. The average Bonchev–Trinajstić information content (AvgIpc) is 3.19. The van der Waals surface area contributed by atoms with E-state index in [0.717, 1.165) is 44.9 Å². The smallest absolute Gasteiger partial charge is 0.214 e. The molecule has 0 unspecified atom stereocenters. The Bertz CT molecular complexity index is 369. The molecule has 1 N–H and O–H groups in total. The SMILES string of the molecule is CC(C)CCS(=O)(=O)N1CCC(CNC2CC2)CC1. The van der Waals surface area contributed by atoms with Crippen LogP contribution in [0.25, 0.3) is 0 Å². The summed E-state index contributed by atoms with van der Waals surface area (Å²) >= 11 is 0. The van der Waals surface area contributed by atoms with Gasteiger partial charge < -0.3 is 5.32 Å². The van der Waals surface area contributed by atoms with Crippen molar-refractivity contribution in [3.8, 4) is 0 Å². The van der Waals surface area contributed by atoms with Crippen LogP contribution in [-0.4, -0.2) is 44.2 Å². The first-order valence-corrected chi connectivity index (χ1v) is 9.29. The Morgan fingerprint density at radius 1 is 1.16 bits per heavy atom. The van der Waals surface area contributed by atoms with E-state index in [1.165, 1.54) is 12.8 Å². The van der Waals surface area contributed by atoms with Gasteiger partial charge in [-0.3, -0.25) is 0 Å². The summed E-state index contributed by atoms with van der Waals surface area (Å²) in [6.07, 6.45) is 5.44. The molecule has 0 aromatic heterocycles. The van der Waals surface area contributed by atoms with E-state index < -0.39 is 10.0 Å². The van der Waals surface area contributed by atoms with Crippen LogP contribution in [0, 0.1) is 11.8 Å². The quantitative estimate of drug-likeness (QED) is 0.777. The molecule has 0 amide bonds. The Morgan fingerprint density at radius 2 is 1.79 bits per heavy atom. The van der Waals surface area contributed by atoms with E-state index in [1.54, 1.807) is 4.31 Å². The maximum Gasteiger partial charge on any atom is 0.214 e. The highest BCUT2D eigenvalue weighted by atomic mass is 32.2. The van der Waals surface area contributed by atoms with Crippen molar-refractivity contribution in [2.75, 3.05) is 25.4 Å². The van der Waals surface area contributed by atoms with Crippen LogP contribution in [0.5, 0.6) is 0 Å². The number of hydrogen-bond acceptors (Lipinski definition) is 3. The van der Waals surface area contributed by atoms with Crippen molar-refractivity contribution in [3.63, 3.8) is 0 Å². The van der Waals surface area contributed by atoms with Crippen molar-refractivity contribution in [1.82, 2.24) is 9.62 Å². The van der Waals surface area contributed by atoms with Gasteiger partial charge in [-0.2, -0.15) is 0 Å². The van der Waals surface area contributed by atoms with Gasteiger partial charge in [-0.15, -0.1) is 0 Å². The summed E-state index contributed by atoms with van der Waals surface area (Å²) in [5.41, 5.74) is 0. The second kappa shape index (κ2) is 6.55. The average molecular weight is 288 g/mol. The van der Waals surface area contributed by atoms with Crippen LogP contribution in [0.4, 0.5) is 0 Å². The molecule has 0 bridgehead atoms. The van der Waals surface area contributed by atoms with Crippen LogP contribution in [0.15, 0.2) is 0 Å². The van der Waals surface area contributed by atoms with Gasteiger partial charge in [0, 0.05) is 19.1 Å². The topological polar surface area (TPSA) is 49.4 Å². The molecule has 1 saturated carbocycles. The van der Waals surface area contributed by atoms with Gasteiger partial charge in [0.25, 0.3) is 0 Å². The highest BCUT2D eigenvalue weighted by molar-refractivity contribution is 7.89. The van der Waals surface area contributed by atoms with E-state index >= 15 is 0 Å². The minimum absolute atomic E-state index is 0.315. The lowest BCUT2D eigenvalue weighted by Gasteiger charge is -2.31. The van der Waals surface area contributed by atoms with Gasteiger partial charge >= 0.3 is 0 Å². The zero-order chi connectivity index (χ0) is 13.9. The van der Waals surface area contributed by atoms with Gasteiger partial charge in [-0.05, 0) is 50.5 Å². The third-order valence-corrected chi connectivity index (χ3v) is 6.10. The predicted molar refractivity (Wildman–Crippen MR) is 78.6 cm³/mol. The Morgan fingerprint density at radius 3 is 2.32 bits per heavy atom. The standard InChI is InChI=1S/C14H28N2O2S/c1-12(2)7-10-19(17,18)16-8-5-13(6-9-16)11-15-14-3-4-14/h12-15H,3-11H2,1-2H3. The molecule has 1 saturated heterocycles. The molecule has 112 valence electrons. The first kappa shape index (κ1) is 15.3. The fourth-order valence-corrected chi connectivity index (χ4v) is 4.32. The molecular formula is C14H28N2O2S. The Balaban J connectivity index is 1.71. The fourth-order valence-electron chi connectivity index (χ4n) is 2.53. The summed E-state index contributed by atoms with van der Waals surface area (Å²) in [6, 6.07) is 0.757. The van der Waals surface area contributed by atoms with Crippen LogP contribution < -0.4 is 5.32 Å². The Labute approximate surface area is 118 Å². The molecule has 0 aromatic rings. The van der Waals surface area contributed by atoms with Crippen LogP contribution in [0.1, 0.15) is 46.0 Å². The highest BCUT2D eigenvalue weighted by Gasteiger charge is 2.29. The van der Waals surface area contributed by atoms with Crippen LogP contribution >= 0.6 is 0 Å². The minimum Gasteiger partial charge on any atom is -0.314 e. The van der Waals surface area contributed by atoms with E-state index in [2.05, 4.69) is 19.2 Å². The van der Waals surface area contributed by atoms with E-state index in [4.69, 9.17) is 0 Å². The molecular weight excluding hydrogens is 260 g/mol. The van der Waals surface area contributed by atoms with E-state index in [-0.39, 0.29) is 0 Å². The lowest BCUT2D eigenvalue weighted by atomic mass is 9.98. The molecule has 4 nitrogen and oxygen atoms in total. The molecule has 0 radical (unpaired) electrons. The summed E-state index contributed by atoms with van der Waals surface area (Å²) in [5.74, 6) is 1.43. The molecule has 5 heteroatoms. The fraction of sp³-hybridized carbons (Fsp3) is 1.00. The normalized spacial score (nSPS) is 23.1. The number of nitrogens with zero attached hydrogens (tertiary/aromatic N) is 1. The van der Waals surface area contributed by atoms with Crippen molar-refractivity contribution in [1.29, 1.82) is 0 Å². The number of piperidine rings is 1. The van der Waals surface area contributed by atoms with Crippen LogP contribution in [0.2, 0.25) is 0 Å². The van der Waals surface area contributed by atoms with Gasteiger partial charge in [-0.1, -0.05) is 13.8 Å². The van der Waals surface area contributed by atoms with Crippen molar-refractivity contribution >= 4 is 10.0 Å².